The van der Waals surface area contributed by atoms with Crippen molar-refractivity contribution in [2.45, 2.75) is 20.4 Å². The summed E-state index contributed by atoms with van der Waals surface area (Å²) < 4.78 is 1.72. The monoisotopic (exact) mass is 347 g/mol. The molecule has 0 radical (unpaired) electrons. The number of nitrogens with zero attached hydrogens (tertiary/aromatic N) is 3. The molecular formula is C18H22ClN3O2. The molecule has 0 fully saturated rings. The number of hydrogen-bond donors (Lipinski definition) is 1. The van der Waals surface area contributed by atoms with E-state index in [1.54, 1.807) is 15.7 Å². The fourth-order valence-corrected chi connectivity index (χ4v) is 2.72. The van der Waals surface area contributed by atoms with E-state index in [0.29, 0.717) is 24.8 Å². The Labute approximate surface area is 147 Å². The highest BCUT2D eigenvalue weighted by Crippen LogP contribution is 2.22. The third kappa shape index (κ3) is 4.46. The molecule has 1 amide bonds. The van der Waals surface area contributed by atoms with Gasteiger partial charge in [-0.15, -0.1) is 0 Å². The Balaban J connectivity index is 2.16. The van der Waals surface area contributed by atoms with Crippen LogP contribution in [-0.4, -0.2) is 45.4 Å². The highest BCUT2D eigenvalue weighted by molar-refractivity contribution is 6.31. The van der Waals surface area contributed by atoms with Crippen LogP contribution < -0.4 is 0 Å². The van der Waals surface area contributed by atoms with Crippen molar-refractivity contribution in [3.63, 3.8) is 0 Å². The lowest BCUT2D eigenvalue weighted by Crippen LogP contribution is -2.31. The van der Waals surface area contributed by atoms with Gasteiger partial charge in [0.1, 0.15) is 5.15 Å². The zero-order valence-corrected chi connectivity index (χ0v) is 14.7. The lowest BCUT2D eigenvalue weighted by atomic mass is 10.2. The largest absolute Gasteiger partial charge is 0.395 e. The van der Waals surface area contributed by atoms with E-state index in [9.17, 15) is 4.79 Å². The molecule has 6 heteroatoms. The van der Waals surface area contributed by atoms with Crippen LogP contribution in [0.4, 0.5) is 0 Å². The van der Waals surface area contributed by atoms with Crippen molar-refractivity contribution in [1.82, 2.24) is 14.7 Å². The van der Waals surface area contributed by atoms with Crippen LogP contribution in [0.15, 0.2) is 36.4 Å². The summed E-state index contributed by atoms with van der Waals surface area (Å²) in [6, 6.07) is 9.94. The lowest BCUT2D eigenvalue weighted by molar-refractivity contribution is -0.126. The van der Waals surface area contributed by atoms with Crippen molar-refractivity contribution in [2.75, 3.05) is 19.7 Å². The molecule has 0 aliphatic rings. The Kier molecular flexibility index (Phi) is 6.58. The molecule has 0 bridgehead atoms. The van der Waals surface area contributed by atoms with Gasteiger partial charge in [0.25, 0.3) is 0 Å². The summed E-state index contributed by atoms with van der Waals surface area (Å²) in [5, 5.41) is 13.9. The Hall–Kier alpha value is -2.11. The van der Waals surface area contributed by atoms with Crippen LogP contribution >= 0.6 is 11.6 Å². The van der Waals surface area contributed by atoms with Gasteiger partial charge in [-0.05, 0) is 25.5 Å². The van der Waals surface area contributed by atoms with Crippen LogP contribution in [0, 0.1) is 6.92 Å². The molecule has 0 aliphatic carbocycles. The molecule has 128 valence electrons. The van der Waals surface area contributed by atoms with Crippen LogP contribution in [-0.2, 0) is 11.3 Å². The van der Waals surface area contributed by atoms with Gasteiger partial charge in [-0.25, -0.2) is 4.68 Å². The number of aliphatic hydroxyl groups excluding tert-OH is 1. The fraction of sp³-hybridized carbons (Fsp3) is 0.333. The molecule has 0 saturated heterocycles. The molecular weight excluding hydrogens is 326 g/mol. The molecule has 5 nitrogen and oxygen atoms in total. The molecule has 24 heavy (non-hydrogen) atoms. The molecule has 1 heterocycles. The first-order valence-electron chi connectivity index (χ1n) is 7.91. The second kappa shape index (κ2) is 8.66. The van der Waals surface area contributed by atoms with Gasteiger partial charge in [-0.1, -0.05) is 41.9 Å². The van der Waals surface area contributed by atoms with E-state index in [0.717, 1.165) is 16.8 Å². The number of rotatable bonds is 7. The second-order valence-electron chi connectivity index (χ2n) is 5.41. The minimum absolute atomic E-state index is 0.0534. The zero-order chi connectivity index (χ0) is 17.5. The standard InChI is InChI=1S/C18H22ClN3O2/c1-3-21(11-12-23)17(24)10-9-16-14(2)20-22(18(16)19)13-15-7-5-4-6-8-15/h4-10,23H,3,11-13H2,1-2H3/b10-9+. The average molecular weight is 348 g/mol. The maximum Gasteiger partial charge on any atom is 0.246 e. The van der Waals surface area contributed by atoms with Gasteiger partial charge >= 0.3 is 0 Å². The summed E-state index contributed by atoms with van der Waals surface area (Å²) in [6.45, 7) is 5.12. The molecule has 0 spiro atoms. The summed E-state index contributed by atoms with van der Waals surface area (Å²) in [5.74, 6) is -0.155. The summed E-state index contributed by atoms with van der Waals surface area (Å²) in [5.41, 5.74) is 2.61. The molecule has 0 unspecified atom stereocenters. The normalized spacial score (nSPS) is 11.2. The highest BCUT2D eigenvalue weighted by atomic mass is 35.5. The van der Waals surface area contributed by atoms with Gasteiger partial charge in [0.15, 0.2) is 0 Å². The third-order valence-electron chi connectivity index (χ3n) is 3.74. The van der Waals surface area contributed by atoms with E-state index >= 15 is 0 Å². The summed E-state index contributed by atoms with van der Waals surface area (Å²) in [6.07, 6.45) is 3.16. The van der Waals surface area contributed by atoms with Gasteiger partial charge in [0, 0.05) is 24.7 Å². The van der Waals surface area contributed by atoms with Gasteiger partial charge < -0.3 is 10.0 Å². The predicted octanol–water partition coefficient (Wildman–Crippen LogP) is 2.75. The van der Waals surface area contributed by atoms with Crippen LogP contribution in [0.25, 0.3) is 6.08 Å². The van der Waals surface area contributed by atoms with Crippen molar-refractivity contribution < 1.29 is 9.90 Å². The number of hydrogen-bond acceptors (Lipinski definition) is 3. The fourth-order valence-electron chi connectivity index (χ4n) is 2.42. The number of amides is 1. The SMILES string of the molecule is CCN(CCO)C(=O)/C=C/c1c(C)nn(Cc2ccccc2)c1Cl. The van der Waals surface area contributed by atoms with E-state index < -0.39 is 0 Å². The number of carbonyl (C=O) groups excluding carboxylic acids is 1. The van der Waals surface area contributed by atoms with Crippen LogP contribution in [0.3, 0.4) is 0 Å². The summed E-state index contributed by atoms with van der Waals surface area (Å²) in [4.78, 5) is 13.7. The highest BCUT2D eigenvalue weighted by Gasteiger charge is 2.13. The number of carbonyl (C=O) groups is 1. The molecule has 2 rings (SSSR count). The van der Waals surface area contributed by atoms with Gasteiger partial charge in [0.05, 0.1) is 18.8 Å². The zero-order valence-electron chi connectivity index (χ0n) is 13.9. The first-order valence-corrected chi connectivity index (χ1v) is 8.29. The first-order chi connectivity index (χ1) is 11.6. The summed E-state index contributed by atoms with van der Waals surface area (Å²) in [7, 11) is 0. The number of benzene rings is 1. The van der Waals surface area contributed by atoms with E-state index in [1.165, 1.54) is 6.08 Å². The van der Waals surface area contributed by atoms with Crippen molar-refractivity contribution in [3.8, 4) is 0 Å². The minimum atomic E-state index is -0.155. The first kappa shape index (κ1) is 18.2. The maximum absolute atomic E-state index is 12.1. The smallest absolute Gasteiger partial charge is 0.246 e. The third-order valence-corrected chi connectivity index (χ3v) is 4.14. The number of aromatic nitrogens is 2. The van der Waals surface area contributed by atoms with Crippen LogP contribution in [0.5, 0.6) is 0 Å². The Morgan fingerprint density at radius 2 is 2.08 bits per heavy atom. The molecule has 1 aromatic carbocycles. The van der Waals surface area contributed by atoms with Crippen molar-refractivity contribution >= 4 is 23.6 Å². The van der Waals surface area contributed by atoms with Crippen LogP contribution in [0.1, 0.15) is 23.7 Å². The Morgan fingerprint density at radius 3 is 2.71 bits per heavy atom. The molecule has 2 aromatic rings. The topological polar surface area (TPSA) is 58.4 Å². The van der Waals surface area contributed by atoms with Crippen molar-refractivity contribution in [3.05, 3.63) is 58.4 Å². The van der Waals surface area contributed by atoms with Crippen molar-refractivity contribution in [2.24, 2.45) is 0 Å². The van der Waals surface area contributed by atoms with Gasteiger partial charge in [0.2, 0.25) is 5.91 Å². The number of likely N-dealkylation sites (N-methyl/N-ethyl adjacent to an activating group) is 1. The quantitative estimate of drug-likeness (QED) is 0.783. The Morgan fingerprint density at radius 1 is 1.38 bits per heavy atom. The summed E-state index contributed by atoms with van der Waals surface area (Å²) >= 11 is 6.42. The second-order valence-corrected chi connectivity index (χ2v) is 5.77. The molecule has 0 aliphatic heterocycles. The van der Waals surface area contributed by atoms with E-state index in [1.807, 2.05) is 44.2 Å². The molecule has 0 atom stereocenters. The number of aliphatic hydroxyl groups is 1. The van der Waals surface area contributed by atoms with Crippen molar-refractivity contribution in [1.29, 1.82) is 0 Å². The minimum Gasteiger partial charge on any atom is -0.395 e. The number of halogens is 1. The van der Waals surface area contributed by atoms with Gasteiger partial charge in [-0.3, -0.25) is 4.79 Å². The maximum atomic E-state index is 12.1. The molecule has 0 saturated carbocycles. The van der Waals surface area contributed by atoms with E-state index in [4.69, 9.17) is 16.7 Å². The van der Waals surface area contributed by atoms with E-state index in [-0.39, 0.29) is 12.5 Å². The average Bonchev–Trinajstić information content (AvgIpc) is 2.85. The molecule has 1 N–H and O–H groups in total. The van der Waals surface area contributed by atoms with Crippen LogP contribution in [0.2, 0.25) is 5.15 Å². The number of aryl methyl sites for hydroxylation is 1. The van der Waals surface area contributed by atoms with E-state index in [2.05, 4.69) is 5.10 Å². The Bertz CT molecular complexity index is 711. The molecule has 1 aromatic heterocycles. The lowest BCUT2D eigenvalue weighted by Gasteiger charge is -2.17. The van der Waals surface area contributed by atoms with Gasteiger partial charge in [-0.2, -0.15) is 5.10 Å². The predicted molar refractivity (Wildman–Crippen MR) is 95.9 cm³/mol.